The maximum Gasteiger partial charge on any atom is 0.230 e. The number of rotatable bonds is 4. The average Bonchev–Trinajstić information content (AvgIpc) is 2.85. The van der Waals surface area contributed by atoms with E-state index in [0.29, 0.717) is 0 Å². The van der Waals surface area contributed by atoms with Crippen molar-refractivity contribution in [1.29, 1.82) is 0 Å². The van der Waals surface area contributed by atoms with Crippen LogP contribution < -0.4 is 5.32 Å². The zero-order chi connectivity index (χ0) is 13.9. The number of benzene rings is 1. The van der Waals surface area contributed by atoms with Crippen LogP contribution in [0.25, 0.3) is 0 Å². The molecule has 1 heterocycles. The Bertz CT molecular complexity index is 450. The minimum atomic E-state index is -0.224. The molecule has 1 saturated heterocycles. The van der Waals surface area contributed by atoms with Crippen LogP contribution in [0.15, 0.2) is 24.3 Å². The van der Waals surface area contributed by atoms with Crippen LogP contribution in [0.2, 0.25) is 0 Å². The second-order valence-electron chi connectivity index (χ2n) is 5.73. The number of aryl methyl sites for hydroxylation is 1. The lowest BCUT2D eigenvalue weighted by atomic mass is 9.88. The lowest BCUT2D eigenvalue weighted by Crippen LogP contribution is -2.43. The first-order valence-electron chi connectivity index (χ1n) is 7.11. The summed E-state index contributed by atoms with van der Waals surface area (Å²) < 4.78 is 0. The van der Waals surface area contributed by atoms with Gasteiger partial charge in [-0.1, -0.05) is 24.3 Å². The van der Waals surface area contributed by atoms with E-state index in [9.17, 15) is 4.79 Å². The molecule has 1 fully saturated rings. The van der Waals surface area contributed by atoms with Gasteiger partial charge in [-0.25, -0.2) is 0 Å². The van der Waals surface area contributed by atoms with Crippen molar-refractivity contribution in [2.24, 2.45) is 5.41 Å². The highest BCUT2D eigenvalue weighted by molar-refractivity contribution is 5.83. The van der Waals surface area contributed by atoms with Gasteiger partial charge in [0.2, 0.25) is 5.91 Å². The van der Waals surface area contributed by atoms with E-state index < -0.39 is 0 Å². The summed E-state index contributed by atoms with van der Waals surface area (Å²) in [6.07, 6.45) is 0.941. The third kappa shape index (κ3) is 2.98. The number of nitrogens with zero attached hydrogens (tertiary/aromatic N) is 1. The summed E-state index contributed by atoms with van der Waals surface area (Å²) >= 11 is 0. The lowest BCUT2D eigenvalue weighted by molar-refractivity contribution is -0.140. The summed E-state index contributed by atoms with van der Waals surface area (Å²) in [5, 5.41) is 3.30. The highest BCUT2D eigenvalue weighted by Crippen LogP contribution is 2.28. The molecule has 1 aromatic carbocycles. The second-order valence-corrected chi connectivity index (χ2v) is 5.73. The normalized spacial score (nSPS) is 22.5. The van der Waals surface area contributed by atoms with E-state index in [0.717, 1.165) is 32.6 Å². The number of hydrogen-bond acceptors (Lipinski definition) is 2. The molecule has 3 nitrogen and oxygen atoms in total. The summed E-state index contributed by atoms with van der Waals surface area (Å²) in [7, 11) is 0. The third-order valence-electron chi connectivity index (χ3n) is 4.18. The summed E-state index contributed by atoms with van der Waals surface area (Å²) in [6, 6.07) is 8.30. The quantitative estimate of drug-likeness (QED) is 0.901. The molecule has 0 spiro atoms. The Balaban J connectivity index is 2.12. The average molecular weight is 260 g/mol. The second kappa shape index (κ2) is 5.74. The Morgan fingerprint density at radius 1 is 1.42 bits per heavy atom. The SMILES string of the molecule is CCN(Cc1ccccc1C)C(=O)C1(C)CCNC1. The van der Waals surface area contributed by atoms with Gasteiger partial charge in [0.1, 0.15) is 0 Å². The van der Waals surface area contributed by atoms with Gasteiger partial charge in [-0.3, -0.25) is 4.79 Å². The van der Waals surface area contributed by atoms with Crippen molar-refractivity contribution in [2.45, 2.75) is 33.7 Å². The fraction of sp³-hybridized carbons (Fsp3) is 0.562. The molecular formula is C16H24N2O. The number of amides is 1. The van der Waals surface area contributed by atoms with E-state index in [-0.39, 0.29) is 11.3 Å². The number of hydrogen-bond donors (Lipinski definition) is 1. The van der Waals surface area contributed by atoms with Crippen LogP contribution >= 0.6 is 0 Å². The molecule has 1 N–H and O–H groups in total. The molecule has 2 rings (SSSR count). The molecule has 1 aromatic rings. The van der Waals surface area contributed by atoms with Crippen LogP contribution in [0, 0.1) is 12.3 Å². The van der Waals surface area contributed by atoms with E-state index in [1.54, 1.807) is 0 Å². The zero-order valence-corrected chi connectivity index (χ0v) is 12.2. The van der Waals surface area contributed by atoms with Gasteiger partial charge in [-0.15, -0.1) is 0 Å². The Morgan fingerprint density at radius 2 is 2.16 bits per heavy atom. The van der Waals surface area contributed by atoms with E-state index in [1.165, 1.54) is 11.1 Å². The third-order valence-corrected chi connectivity index (χ3v) is 4.18. The highest BCUT2D eigenvalue weighted by atomic mass is 16.2. The molecule has 0 saturated carbocycles. The van der Waals surface area contributed by atoms with E-state index in [2.05, 4.69) is 38.2 Å². The van der Waals surface area contributed by atoms with Crippen LogP contribution in [0.3, 0.4) is 0 Å². The van der Waals surface area contributed by atoms with Crippen molar-refractivity contribution in [3.8, 4) is 0 Å². The van der Waals surface area contributed by atoms with Gasteiger partial charge < -0.3 is 10.2 Å². The predicted molar refractivity (Wildman–Crippen MR) is 77.9 cm³/mol. The fourth-order valence-corrected chi connectivity index (χ4v) is 2.70. The summed E-state index contributed by atoms with van der Waals surface area (Å²) in [6.45, 7) is 9.48. The maximum atomic E-state index is 12.7. The lowest BCUT2D eigenvalue weighted by Gasteiger charge is -2.31. The van der Waals surface area contributed by atoms with Gasteiger partial charge in [-0.05, 0) is 44.9 Å². The Morgan fingerprint density at radius 3 is 2.74 bits per heavy atom. The molecule has 0 aromatic heterocycles. The van der Waals surface area contributed by atoms with Gasteiger partial charge >= 0.3 is 0 Å². The monoisotopic (exact) mass is 260 g/mol. The van der Waals surface area contributed by atoms with Crippen LogP contribution in [-0.2, 0) is 11.3 Å². The number of carbonyl (C=O) groups is 1. The molecule has 0 bridgehead atoms. The van der Waals surface area contributed by atoms with E-state index >= 15 is 0 Å². The minimum absolute atomic E-state index is 0.224. The first kappa shape index (κ1) is 14.1. The van der Waals surface area contributed by atoms with Crippen LogP contribution in [0.1, 0.15) is 31.4 Å². The molecule has 104 valence electrons. The minimum Gasteiger partial charge on any atom is -0.338 e. The Hall–Kier alpha value is -1.35. The largest absolute Gasteiger partial charge is 0.338 e. The fourth-order valence-electron chi connectivity index (χ4n) is 2.70. The Labute approximate surface area is 116 Å². The number of nitrogens with one attached hydrogen (secondary N) is 1. The molecular weight excluding hydrogens is 236 g/mol. The molecule has 1 aliphatic heterocycles. The van der Waals surface area contributed by atoms with Crippen molar-refractivity contribution >= 4 is 5.91 Å². The molecule has 0 aliphatic carbocycles. The molecule has 19 heavy (non-hydrogen) atoms. The molecule has 1 aliphatic rings. The van der Waals surface area contributed by atoms with Crippen LogP contribution in [0.5, 0.6) is 0 Å². The summed E-state index contributed by atoms with van der Waals surface area (Å²) in [4.78, 5) is 14.7. The van der Waals surface area contributed by atoms with Gasteiger partial charge in [0.25, 0.3) is 0 Å². The first-order valence-corrected chi connectivity index (χ1v) is 7.11. The molecule has 1 atom stereocenters. The van der Waals surface area contributed by atoms with Crippen molar-refractivity contribution in [1.82, 2.24) is 10.2 Å². The molecule has 1 unspecified atom stereocenters. The smallest absolute Gasteiger partial charge is 0.230 e. The summed E-state index contributed by atoms with van der Waals surface area (Å²) in [5.74, 6) is 0.281. The van der Waals surface area contributed by atoms with Crippen molar-refractivity contribution in [3.63, 3.8) is 0 Å². The van der Waals surface area contributed by atoms with Gasteiger partial charge in [0.05, 0.1) is 5.41 Å². The van der Waals surface area contributed by atoms with Crippen molar-refractivity contribution in [2.75, 3.05) is 19.6 Å². The zero-order valence-electron chi connectivity index (χ0n) is 12.2. The first-order chi connectivity index (χ1) is 9.07. The predicted octanol–water partition coefficient (Wildman–Crippen LogP) is 2.34. The van der Waals surface area contributed by atoms with Gasteiger partial charge in [0, 0.05) is 19.6 Å². The van der Waals surface area contributed by atoms with Crippen molar-refractivity contribution < 1.29 is 4.79 Å². The standard InChI is InChI=1S/C16H24N2O/c1-4-18(11-14-8-6-5-7-13(14)2)15(19)16(3)9-10-17-12-16/h5-8,17H,4,9-12H2,1-3H3. The topological polar surface area (TPSA) is 32.3 Å². The van der Waals surface area contributed by atoms with E-state index in [4.69, 9.17) is 0 Å². The van der Waals surface area contributed by atoms with Gasteiger partial charge in [0.15, 0.2) is 0 Å². The highest BCUT2D eigenvalue weighted by Gasteiger charge is 2.38. The van der Waals surface area contributed by atoms with E-state index in [1.807, 2.05) is 17.0 Å². The summed E-state index contributed by atoms with van der Waals surface area (Å²) in [5.41, 5.74) is 2.27. The van der Waals surface area contributed by atoms with Crippen LogP contribution in [0.4, 0.5) is 0 Å². The number of carbonyl (C=O) groups excluding carboxylic acids is 1. The molecule has 3 heteroatoms. The molecule has 1 amide bonds. The van der Waals surface area contributed by atoms with Crippen molar-refractivity contribution in [3.05, 3.63) is 35.4 Å². The molecule has 0 radical (unpaired) electrons. The van der Waals surface area contributed by atoms with Crippen LogP contribution in [-0.4, -0.2) is 30.4 Å². The maximum absolute atomic E-state index is 12.7. The van der Waals surface area contributed by atoms with Gasteiger partial charge in [-0.2, -0.15) is 0 Å². The Kier molecular flexibility index (Phi) is 4.25.